The van der Waals surface area contributed by atoms with Gasteiger partial charge in [0.25, 0.3) is 0 Å². The number of ketones is 1. The minimum atomic E-state index is -1.78. The summed E-state index contributed by atoms with van der Waals surface area (Å²) < 4.78 is 28.3. The van der Waals surface area contributed by atoms with Crippen LogP contribution in [0.25, 0.3) is 0 Å². The third-order valence-corrected chi connectivity index (χ3v) is 7.57. The standard InChI is InChI=1S/C27H32O15/c1-8-17(31)20(34)22(36)26(38-8)40-11-6-14(30)16-15(7-11)41-24(10-3-4-12(28)13(29)5-10)25(19(16)33)42-27-23(37)21(35)18(32)9(2)39-27/h3-9,17-18,20-32,34-37H,1-2H3/t8-,9-,17-,18-,20+,21+,22+,23+,24?,25?,26-,27-/m0/s1. The molecule has 2 aromatic carbocycles. The van der Waals surface area contributed by atoms with Crippen LogP contribution in [0.1, 0.15) is 35.9 Å². The molecule has 15 nitrogen and oxygen atoms in total. The molecular formula is C27H32O15. The Morgan fingerprint density at radius 1 is 0.690 bits per heavy atom. The van der Waals surface area contributed by atoms with Crippen LogP contribution < -0.4 is 9.47 Å². The van der Waals surface area contributed by atoms with Gasteiger partial charge in [0, 0.05) is 12.1 Å². The van der Waals surface area contributed by atoms with Gasteiger partial charge < -0.3 is 69.6 Å². The number of aliphatic hydroxyl groups is 6. The second-order valence-electron chi connectivity index (χ2n) is 10.5. The molecule has 3 aliphatic rings. The van der Waals surface area contributed by atoms with Gasteiger partial charge in [-0.1, -0.05) is 6.07 Å². The summed E-state index contributed by atoms with van der Waals surface area (Å²) in [6.45, 7) is 2.87. The van der Waals surface area contributed by atoms with Crippen molar-refractivity contribution in [1.82, 2.24) is 0 Å². The monoisotopic (exact) mass is 596 g/mol. The van der Waals surface area contributed by atoms with E-state index in [2.05, 4.69) is 0 Å². The Morgan fingerprint density at radius 3 is 1.90 bits per heavy atom. The number of aliphatic hydroxyl groups excluding tert-OH is 6. The first-order valence-corrected chi connectivity index (χ1v) is 13.1. The fourth-order valence-corrected chi connectivity index (χ4v) is 5.07. The molecule has 42 heavy (non-hydrogen) atoms. The van der Waals surface area contributed by atoms with Crippen molar-refractivity contribution in [2.75, 3.05) is 0 Å². The molecule has 230 valence electrons. The molecular weight excluding hydrogens is 564 g/mol. The summed E-state index contributed by atoms with van der Waals surface area (Å²) in [7, 11) is 0. The molecule has 2 aromatic rings. The summed E-state index contributed by atoms with van der Waals surface area (Å²) in [5.41, 5.74) is -0.240. The Hall–Kier alpha value is -3.25. The summed E-state index contributed by atoms with van der Waals surface area (Å²) in [6, 6.07) is 5.79. The van der Waals surface area contributed by atoms with Gasteiger partial charge in [0.15, 0.2) is 30.0 Å². The number of hydrogen-bond donors (Lipinski definition) is 9. The van der Waals surface area contributed by atoms with E-state index >= 15 is 0 Å². The van der Waals surface area contributed by atoms with Gasteiger partial charge in [0.05, 0.1) is 12.2 Å². The van der Waals surface area contributed by atoms with Crippen LogP contribution in [0.2, 0.25) is 0 Å². The van der Waals surface area contributed by atoms with Crippen molar-refractivity contribution in [3.8, 4) is 28.7 Å². The van der Waals surface area contributed by atoms with Gasteiger partial charge in [-0.3, -0.25) is 4.79 Å². The molecule has 0 aliphatic carbocycles. The zero-order valence-corrected chi connectivity index (χ0v) is 22.3. The Morgan fingerprint density at radius 2 is 1.29 bits per heavy atom. The molecule has 12 atom stereocenters. The third-order valence-electron chi connectivity index (χ3n) is 7.57. The molecule has 2 fully saturated rings. The molecule has 0 saturated carbocycles. The highest BCUT2D eigenvalue weighted by atomic mass is 16.7. The molecule has 3 heterocycles. The first-order chi connectivity index (χ1) is 19.8. The molecule has 2 unspecified atom stereocenters. The van der Waals surface area contributed by atoms with Gasteiger partial charge >= 0.3 is 0 Å². The predicted molar refractivity (Wildman–Crippen MR) is 136 cm³/mol. The van der Waals surface area contributed by atoms with Crippen molar-refractivity contribution >= 4 is 5.78 Å². The van der Waals surface area contributed by atoms with E-state index in [1.807, 2.05) is 0 Å². The summed E-state index contributed by atoms with van der Waals surface area (Å²) in [6.07, 6.45) is -17.5. The quantitative estimate of drug-likeness (QED) is 0.179. The Bertz CT molecular complexity index is 1320. The SMILES string of the molecule is C[C@@H]1O[C@@H](Oc2cc(O)c3c(c2)OC(c2ccc(O)c(O)c2)C(O[C@@H]2O[C@@H](C)[C@H](O)[C@@H](O)[C@H]2O)C3=O)[C@H](O)[C@H](O)[C@H]1O. The van der Waals surface area contributed by atoms with Crippen molar-refractivity contribution in [3.63, 3.8) is 0 Å². The molecule has 9 N–H and O–H groups in total. The highest BCUT2D eigenvalue weighted by molar-refractivity contribution is 6.05. The van der Waals surface area contributed by atoms with E-state index in [1.54, 1.807) is 0 Å². The average molecular weight is 597 g/mol. The van der Waals surface area contributed by atoms with Crippen LogP contribution in [0.15, 0.2) is 30.3 Å². The first-order valence-electron chi connectivity index (χ1n) is 13.1. The minimum absolute atomic E-state index is 0.121. The fraction of sp³-hybridized carbons (Fsp3) is 0.519. The van der Waals surface area contributed by atoms with Gasteiger partial charge in [-0.2, -0.15) is 0 Å². The first kappa shape index (κ1) is 30.2. The summed E-state index contributed by atoms with van der Waals surface area (Å²) >= 11 is 0. The molecule has 2 saturated heterocycles. The van der Waals surface area contributed by atoms with Gasteiger partial charge in [0.1, 0.15) is 59.4 Å². The largest absolute Gasteiger partial charge is 0.507 e. The van der Waals surface area contributed by atoms with Crippen molar-refractivity contribution in [3.05, 3.63) is 41.5 Å². The number of fused-ring (bicyclic) bond motifs is 1. The van der Waals surface area contributed by atoms with Crippen LogP contribution in [0.3, 0.4) is 0 Å². The molecule has 15 heteroatoms. The second-order valence-corrected chi connectivity index (χ2v) is 10.5. The lowest BCUT2D eigenvalue weighted by molar-refractivity contribution is -0.304. The Kier molecular flexibility index (Phi) is 8.23. The number of phenolic OH excluding ortho intramolecular Hbond substituents is 3. The smallest absolute Gasteiger partial charge is 0.229 e. The normalized spacial score (nSPS) is 38.4. The third kappa shape index (κ3) is 5.34. The number of aromatic hydroxyl groups is 3. The van der Waals surface area contributed by atoms with E-state index in [9.17, 15) is 50.8 Å². The highest BCUT2D eigenvalue weighted by Gasteiger charge is 2.49. The predicted octanol–water partition coefficient (Wildman–Crippen LogP) is -1.46. The van der Waals surface area contributed by atoms with Crippen LogP contribution in [0.4, 0.5) is 0 Å². The number of carbonyl (C=O) groups is 1. The number of ether oxygens (including phenoxy) is 5. The van der Waals surface area contributed by atoms with E-state index in [0.717, 1.165) is 18.2 Å². The van der Waals surface area contributed by atoms with Crippen LogP contribution in [0.5, 0.6) is 28.7 Å². The Labute approximate surface area is 238 Å². The van der Waals surface area contributed by atoms with Crippen LogP contribution in [-0.2, 0) is 14.2 Å². The lowest BCUT2D eigenvalue weighted by atomic mass is 9.92. The maximum Gasteiger partial charge on any atom is 0.229 e. The van der Waals surface area contributed by atoms with Gasteiger partial charge in [-0.05, 0) is 31.5 Å². The molecule has 0 spiro atoms. The highest BCUT2D eigenvalue weighted by Crippen LogP contribution is 2.45. The molecule has 0 radical (unpaired) electrons. The maximum absolute atomic E-state index is 13.8. The fourth-order valence-electron chi connectivity index (χ4n) is 5.07. The van der Waals surface area contributed by atoms with Gasteiger partial charge in [0.2, 0.25) is 12.1 Å². The summed E-state index contributed by atoms with van der Waals surface area (Å²) in [5.74, 6) is -2.88. The molecule has 0 amide bonds. The van der Waals surface area contributed by atoms with Crippen molar-refractivity contribution in [1.29, 1.82) is 0 Å². The van der Waals surface area contributed by atoms with Crippen molar-refractivity contribution in [2.24, 2.45) is 0 Å². The lowest BCUT2D eigenvalue weighted by Gasteiger charge is -2.42. The van der Waals surface area contributed by atoms with Crippen molar-refractivity contribution in [2.45, 2.75) is 87.5 Å². The number of rotatable bonds is 5. The van der Waals surface area contributed by atoms with Crippen LogP contribution >= 0.6 is 0 Å². The Balaban J connectivity index is 1.49. The molecule has 3 aliphatic heterocycles. The topological polar surface area (TPSA) is 245 Å². The van der Waals surface area contributed by atoms with E-state index in [1.165, 1.54) is 26.0 Å². The van der Waals surface area contributed by atoms with E-state index < -0.39 is 96.7 Å². The minimum Gasteiger partial charge on any atom is -0.507 e. The lowest BCUT2D eigenvalue weighted by Crippen LogP contribution is -2.59. The number of phenols is 3. The number of hydrogen-bond acceptors (Lipinski definition) is 15. The van der Waals surface area contributed by atoms with E-state index in [-0.39, 0.29) is 22.6 Å². The van der Waals surface area contributed by atoms with Crippen LogP contribution in [-0.4, -0.2) is 119 Å². The molecule has 0 aromatic heterocycles. The number of Topliss-reactive ketones (excluding diaryl/α,β-unsaturated/α-hetero) is 1. The molecule has 5 rings (SSSR count). The summed E-state index contributed by atoms with van der Waals surface area (Å²) in [4.78, 5) is 13.8. The number of benzene rings is 2. The van der Waals surface area contributed by atoms with Gasteiger partial charge in [-0.25, -0.2) is 0 Å². The van der Waals surface area contributed by atoms with Crippen molar-refractivity contribution < 1.29 is 74.4 Å². The molecule has 0 bridgehead atoms. The zero-order valence-electron chi connectivity index (χ0n) is 22.3. The number of carbonyl (C=O) groups excluding carboxylic acids is 1. The summed E-state index contributed by atoms with van der Waals surface area (Å²) in [5, 5.41) is 91.8. The maximum atomic E-state index is 13.8. The van der Waals surface area contributed by atoms with Gasteiger partial charge in [-0.15, -0.1) is 0 Å². The second kappa shape index (κ2) is 11.4. The zero-order chi connectivity index (χ0) is 30.6. The van der Waals surface area contributed by atoms with E-state index in [4.69, 9.17) is 23.7 Å². The van der Waals surface area contributed by atoms with Crippen LogP contribution in [0, 0.1) is 0 Å². The van der Waals surface area contributed by atoms with E-state index in [0.29, 0.717) is 0 Å². The average Bonchev–Trinajstić information content (AvgIpc) is 2.94.